The summed E-state index contributed by atoms with van der Waals surface area (Å²) >= 11 is 0. The van der Waals surface area contributed by atoms with Crippen LogP contribution in [0.25, 0.3) is 0 Å². The quantitative estimate of drug-likeness (QED) is 0.722. The minimum absolute atomic E-state index is 0.146. The number of rotatable bonds is 5. The first-order valence-corrected chi connectivity index (χ1v) is 10.1. The number of hydrogen-bond acceptors (Lipinski definition) is 6. The Hall–Kier alpha value is -3.04. The third-order valence-corrected chi connectivity index (χ3v) is 5.00. The Labute approximate surface area is 184 Å². The first-order valence-electron chi connectivity index (χ1n) is 10.1. The number of carbonyl (C=O) groups excluding carboxylic acids is 1. The molecule has 0 aliphatic carbocycles. The Bertz CT molecular complexity index is 978. The molecule has 1 aromatic carbocycles. The molecule has 2 aromatic rings. The average Bonchev–Trinajstić information content (AvgIpc) is 2.70. The van der Waals surface area contributed by atoms with Crippen LogP contribution < -0.4 is 19.7 Å². The van der Waals surface area contributed by atoms with Crippen molar-refractivity contribution in [2.75, 3.05) is 31.0 Å². The van der Waals surface area contributed by atoms with Gasteiger partial charge in [0.1, 0.15) is 0 Å². The monoisotopic (exact) mass is 452 g/mol. The van der Waals surface area contributed by atoms with Crippen molar-refractivity contribution < 1.29 is 27.4 Å². The van der Waals surface area contributed by atoms with Crippen LogP contribution in [0.4, 0.5) is 24.8 Å². The smallest absolute Gasteiger partial charge is 0.416 e. The molecule has 1 aromatic heterocycles. The van der Waals surface area contributed by atoms with Gasteiger partial charge in [-0.05, 0) is 35.1 Å². The van der Waals surface area contributed by atoms with E-state index in [-0.39, 0.29) is 35.2 Å². The van der Waals surface area contributed by atoms with Crippen LogP contribution in [0.2, 0.25) is 0 Å². The zero-order valence-corrected chi connectivity index (χ0v) is 18.8. The highest BCUT2D eigenvalue weighted by Crippen LogP contribution is 2.36. The van der Waals surface area contributed by atoms with Crippen LogP contribution in [0.1, 0.15) is 43.9 Å². The van der Waals surface area contributed by atoms with E-state index in [2.05, 4.69) is 15.3 Å². The first kappa shape index (κ1) is 23.6. The highest BCUT2D eigenvalue weighted by Gasteiger charge is 2.32. The maximum Gasteiger partial charge on any atom is 0.416 e. The summed E-state index contributed by atoms with van der Waals surface area (Å²) in [4.78, 5) is 23.1. The van der Waals surface area contributed by atoms with Gasteiger partial charge in [0.25, 0.3) is 0 Å². The standard InChI is InChI=1S/C22H27F3N4O3/c1-21(2,3)11-16(30)26-17-18(31-4)27-20(28-19(17)32-5)29-9-8-13-10-15(22(23,24)25)7-6-14(13)12-29/h6-7,10H,8-9,11-12H2,1-5H3,(H,26,30). The minimum atomic E-state index is -4.37. The number of fused-ring (bicyclic) bond motifs is 1. The molecule has 174 valence electrons. The first-order chi connectivity index (χ1) is 14.9. The summed E-state index contributed by atoms with van der Waals surface area (Å²) in [5, 5.41) is 2.76. The number of hydrogen-bond donors (Lipinski definition) is 1. The van der Waals surface area contributed by atoms with Crippen molar-refractivity contribution >= 4 is 17.5 Å². The van der Waals surface area contributed by atoms with E-state index in [1.54, 1.807) is 0 Å². The zero-order chi connectivity index (χ0) is 23.7. The lowest BCUT2D eigenvalue weighted by atomic mass is 9.92. The topological polar surface area (TPSA) is 76.6 Å². The number of alkyl halides is 3. The molecule has 7 nitrogen and oxygen atoms in total. The second-order valence-electron chi connectivity index (χ2n) is 8.86. The van der Waals surface area contributed by atoms with Gasteiger partial charge < -0.3 is 19.7 Å². The maximum atomic E-state index is 13.0. The number of nitrogens with one attached hydrogen (secondary N) is 1. The normalized spacial score (nSPS) is 14.1. The lowest BCUT2D eigenvalue weighted by Gasteiger charge is -2.30. The van der Waals surface area contributed by atoms with Crippen LogP contribution >= 0.6 is 0 Å². The number of aromatic nitrogens is 2. The summed E-state index contributed by atoms with van der Waals surface area (Å²) in [6.45, 7) is 6.62. The van der Waals surface area contributed by atoms with Gasteiger partial charge in [0.15, 0.2) is 5.69 Å². The molecule has 1 amide bonds. The van der Waals surface area contributed by atoms with Crippen molar-refractivity contribution in [2.24, 2.45) is 5.41 Å². The van der Waals surface area contributed by atoms with Gasteiger partial charge in [0.2, 0.25) is 23.6 Å². The highest BCUT2D eigenvalue weighted by molar-refractivity contribution is 5.93. The van der Waals surface area contributed by atoms with E-state index < -0.39 is 11.7 Å². The van der Waals surface area contributed by atoms with Gasteiger partial charge in [-0.15, -0.1) is 0 Å². The Morgan fingerprint density at radius 2 is 1.72 bits per heavy atom. The zero-order valence-electron chi connectivity index (χ0n) is 18.8. The molecule has 0 bridgehead atoms. The van der Waals surface area contributed by atoms with Gasteiger partial charge in [-0.2, -0.15) is 23.1 Å². The van der Waals surface area contributed by atoms with Crippen molar-refractivity contribution in [3.8, 4) is 11.8 Å². The molecule has 0 spiro atoms. The van der Waals surface area contributed by atoms with Gasteiger partial charge in [-0.25, -0.2) is 0 Å². The molecule has 10 heteroatoms. The molecule has 32 heavy (non-hydrogen) atoms. The maximum absolute atomic E-state index is 13.0. The number of carbonyl (C=O) groups is 1. The third kappa shape index (κ3) is 5.41. The van der Waals surface area contributed by atoms with E-state index in [9.17, 15) is 18.0 Å². The molecule has 2 heterocycles. The number of ether oxygens (including phenoxy) is 2. The minimum Gasteiger partial charge on any atom is -0.479 e. The molecular weight excluding hydrogens is 425 g/mol. The number of halogens is 3. The summed E-state index contributed by atoms with van der Waals surface area (Å²) in [5.41, 5.74) is 0.799. The fourth-order valence-electron chi connectivity index (χ4n) is 3.52. The number of benzene rings is 1. The number of nitrogens with zero attached hydrogens (tertiary/aromatic N) is 3. The molecule has 1 aliphatic rings. The summed E-state index contributed by atoms with van der Waals surface area (Å²) in [7, 11) is 2.85. The third-order valence-electron chi connectivity index (χ3n) is 5.00. The lowest BCUT2D eigenvalue weighted by Crippen LogP contribution is -2.32. The Kier molecular flexibility index (Phi) is 6.52. The molecule has 1 aliphatic heterocycles. The Morgan fingerprint density at radius 1 is 1.09 bits per heavy atom. The second-order valence-corrected chi connectivity index (χ2v) is 8.86. The molecule has 3 rings (SSSR count). The van der Waals surface area contributed by atoms with Crippen LogP contribution in [0.5, 0.6) is 11.8 Å². The second kappa shape index (κ2) is 8.84. The predicted octanol–water partition coefficient (Wildman–Crippen LogP) is 4.45. The average molecular weight is 452 g/mol. The fraction of sp³-hybridized carbons (Fsp3) is 0.500. The molecule has 0 saturated carbocycles. The summed E-state index contributed by atoms with van der Waals surface area (Å²) in [6, 6.07) is 3.76. The van der Waals surface area contributed by atoms with Crippen molar-refractivity contribution in [1.29, 1.82) is 0 Å². The molecule has 0 atom stereocenters. The molecular formula is C22H27F3N4O3. The van der Waals surface area contributed by atoms with E-state index in [0.717, 1.165) is 11.6 Å². The van der Waals surface area contributed by atoms with E-state index >= 15 is 0 Å². The summed E-state index contributed by atoms with van der Waals surface area (Å²) < 4.78 is 49.7. The van der Waals surface area contributed by atoms with Gasteiger partial charge in [0, 0.05) is 19.5 Å². The molecule has 0 unspecified atom stereocenters. The van der Waals surface area contributed by atoms with Crippen LogP contribution in [0, 0.1) is 5.41 Å². The Balaban J connectivity index is 1.87. The van der Waals surface area contributed by atoms with Crippen LogP contribution in [-0.4, -0.2) is 36.6 Å². The van der Waals surface area contributed by atoms with E-state index in [1.807, 2.05) is 25.7 Å². The van der Waals surface area contributed by atoms with Crippen molar-refractivity contribution in [3.63, 3.8) is 0 Å². The van der Waals surface area contributed by atoms with E-state index in [1.165, 1.54) is 26.4 Å². The largest absolute Gasteiger partial charge is 0.479 e. The molecule has 0 saturated heterocycles. The van der Waals surface area contributed by atoms with Crippen LogP contribution in [0.3, 0.4) is 0 Å². The van der Waals surface area contributed by atoms with Gasteiger partial charge in [-0.3, -0.25) is 4.79 Å². The molecule has 0 radical (unpaired) electrons. The van der Waals surface area contributed by atoms with Crippen molar-refractivity contribution in [1.82, 2.24) is 9.97 Å². The van der Waals surface area contributed by atoms with Crippen molar-refractivity contribution in [2.45, 2.75) is 46.3 Å². The van der Waals surface area contributed by atoms with Gasteiger partial charge in [0.05, 0.1) is 19.8 Å². The summed E-state index contributed by atoms with van der Waals surface area (Å²) in [5.74, 6) is 0.371. The predicted molar refractivity (Wildman–Crippen MR) is 114 cm³/mol. The number of methoxy groups -OCH3 is 2. The van der Waals surface area contributed by atoms with Crippen LogP contribution in [-0.2, 0) is 23.9 Å². The fourth-order valence-corrected chi connectivity index (χ4v) is 3.52. The Morgan fingerprint density at radius 3 is 2.25 bits per heavy atom. The van der Waals surface area contributed by atoms with Crippen molar-refractivity contribution in [3.05, 3.63) is 34.9 Å². The van der Waals surface area contributed by atoms with Gasteiger partial charge >= 0.3 is 6.18 Å². The lowest BCUT2D eigenvalue weighted by molar-refractivity contribution is -0.137. The van der Waals surface area contributed by atoms with E-state index in [4.69, 9.17) is 9.47 Å². The number of amides is 1. The highest BCUT2D eigenvalue weighted by atomic mass is 19.4. The SMILES string of the molecule is COc1nc(N2CCc3cc(C(F)(F)F)ccc3C2)nc(OC)c1NC(=O)CC(C)(C)C. The summed E-state index contributed by atoms with van der Waals surface area (Å²) in [6.07, 6.45) is -3.68. The van der Waals surface area contributed by atoms with Crippen LogP contribution in [0.15, 0.2) is 18.2 Å². The molecule has 1 N–H and O–H groups in total. The van der Waals surface area contributed by atoms with E-state index in [0.29, 0.717) is 31.0 Å². The molecule has 0 fully saturated rings. The van der Waals surface area contributed by atoms with Gasteiger partial charge in [-0.1, -0.05) is 26.8 Å². The number of anilines is 2.